The van der Waals surface area contributed by atoms with Gasteiger partial charge in [-0.15, -0.1) is 11.8 Å². The highest BCUT2D eigenvalue weighted by atomic mass is 32.2. The van der Waals surface area contributed by atoms with Crippen LogP contribution in [0.2, 0.25) is 0 Å². The monoisotopic (exact) mass is 423 g/mol. The third kappa shape index (κ3) is 2.82. The fourth-order valence-electron chi connectivity index (χ4n) is 3.61. The lowest BCUT2D eigenvalue weighted by molar-refractivity contribution is -0.235. The van der Waals surface area contributed by atoms with Crippen molar-refractivity contribution in [3.63, 3.8) is 0 Å². The molecule has 0 aliphatic carbocycles. The summed E-state index contributed by atoms with van der Waals surface area (Å²) in [5.74, 6) is -3.13. The van der Waals surface area contributed by atoms with Crippen LogP contribution in [0.25, 0.3) is 11.1 Å². The Labute approximate surface area is 170 Å². The molecule has 1 aromatic heterocycles. The molecule has 3 rings (SSSR count). The van der Waals surface area contributed by atoms with Crippen LogP contribution >= 0.6 is 11.8 Å². The lowest BCUT2D eigenvalue weighted by Gasteiger charge is -2.54. The topological polar surface area (TPSA) is 147 Å². The average molecular weight is 423 g/mol. The molecule has 1 aliphatic heterocycles. The highest BCUT2D eigenvalue weighted by Crippen LogP contribution is 2.49. The van der Waals surface area contributed by atoms with Crippen molar-refractivity contribution in [1.82, 2.24) is 4.98 Å². The van der Waals surface area contributed by atoms with E-state index in [0.29, 0.717) is 17.0 Å². The van der Waals surface area contributed by atoms with Gasteiger partial charge in [-0.05, 0) is 32.9 Å². The number of ketones is 3. The van der Waals surface area contributed by atoms with Crippen molar-refractivity contribution >= 4 is 40.2 Å². The number of aryl methyl sites for hydroxylation is 1. The van der Waals surface area contributed by atoms with Gasteiger partial charge in [0.2, 0.25) is 5.60 Å². The second kappa shape index (κ2) is 6.91. The number of aromatic nitrogens is 1. The molecule has 1 aliphatic rings. The van der Waals surface area contributed by atoms with Gasteiger partial charge < -0.3 is 24.5 Å². The summed E-state index contributed by atoms with van der Waals surface area (Å²) in [6.07, 6.45) is 0. The maximum absolute atomic E-state index is 12.5. The Morgan fingerprint density at radius 1 is 1.14 bits per heavy atom. The minimum Gasteiger partial charge on any atom is -0.474 e. The lowest BCUT2D eigenvalue weighted by Crippen LogP contribution is -2.82. The van der Waals surface area contributed by atoms with Crippen LogP contribution < -0.4 is 4.74 Å². The molecular formula is C19H21NO8S. The van der Waals surface area contributed by atoms with Crippen LogP contribution in [0.1, 0.15) is 26.7 Å². The summed E-state index contributed by atoms with van der Waals surface area (Å²) in [6.45, 7) is 4.43. The number of Topliss-reactive ketones (excluding diaryl/α,β-unsaturated/α-hetero) is 3. The van der Waals surface area contributed by atoms with E-state index in [0.717, 1.165) is 32.5 Å². The first-order valence-corrected chi connectivity index (χ1v) is 9.79. The van der Waals surface area contributed by atoms with Gasteiger partial charge in [-0.2, -0.15) is 0 Å². The molecule has 0 bridgehead atoms. The van der Waals surface area contributed by atoms with E-state index in [4.69, 9.17) is 9.15 Å². The number of rotatable bonds is 5. The number of carbonyl (C=O) groups is 3. The van der Waals surface area contributed by atoms with Crippen LogP contribution in [0.15, 0.2) is 22.6 Å². The molecule has 29 heavy (non-hydrogen) atoms. The van der Waals surface area contributed by atoms with Crippen LogP contribution in [0.3, 0.4) is 0 Å². The fourth-order valence-corrected chi connectivity index (χ4v) is 5.16. The van der Waals surface area contributed by atoms with Gasteiger partial charge in [0.25, 0.3) is 0 Å². The molecule has 9 nitrogen and oxygen atoms in total. The van der Waals surface area contributed by atoms with Gasteiger partial charge >= 0.3 is 0 Å². The molecule has 3 N–H and O–H groups in total. The Kier molecular flexibility index (Phi) is 5.11. The van der Waals surface area contributed by atoms with Crippen LogP contribution in [0.5, 0.6) is 5.75 Å². The number of hydrogen-bond donors (Lipinski definition) is 3. The molecule has 1 fully saturated rings. The molecule has 0 unspecified atom stereocenters. The van der Waals surface area contributed by atoms with Gasteiger partial charge in [0.15, 0.2) is 56.7 Å². The number of benzene rings is 1. The summed E-state index contributed by atoms with van der Waals surface area (Å²) in [7, 11) is 0. The second-order valence-corrected chi connectivity index (χ2v) is 8.15. The van der Waals surface area contributed by atoms with Gasteiger partial charge in [-0.1, -0.05) is 6.07 Å². The molecule has 4 atom stereocenters. The van der Waals surface area contributed by atoms with E-state index < -0.39 is 45.3 Å². The first-order valence-electron chi connectivity index (χ1n) is 8.74. The van der Waals surface area contributed by atoms with E-state index in [9.17, 15) is 29.7 Å². The summed E-state index contributed by atoms with van der Waals surface area (Å²) >= 11 is 0.729. The van der Waals surface area contributed by atoms with Crippen LogP contribution in [0.4, 0.5) is 0 Å². The number of thioether (sulfide) groups is 1. The van der Waals surface area contributed by atoms with E-state index >= 15 is 0 Å². The molecule has 0 radical (unpaired) electrons. The number of para-hydroxylation sites is 1. The summed E-state index contributed by atoms with van der Waals surface area (Å²) in [5, 5.41) is 33.3. The van der Waals surface area contributed by atoms with Gasteiger partial charge in [-0.25, -0.2) is 4.98 Å². The first kappa shape index (κ1) is 21.4. The molecule has 10 heteroatoms. The third-order valence-electron chi connectivity index (χ3n) is 5.29. The zero-order chi connectivity index (χ0) is 21.8. The number of nitrogens with zero attached hydrogens (tertiary/aromatic N) is 1. The molecule has 0 amide bonds. The van der Waals surface area contributed by atoms with Crippen LogP contribution in [-0.4, -0.2) is 65.6 Å². The normalized spacial score (nSPS) is 32.2. The quantitative estimate of drug-likeness (QED) is 0.623. The number of hydrogen-bond acceptors (Lipinski definition) is 10. The van der Waals surface area contributed by atoms with Crippen molar-refractivity contribution in [2.75, 3.05) is 5.75 Å². The molecule has 0 saturated carbocycles. The number of ether oxygens (including phenoxy) is 1. The molecule has 2 aromatic rings. The molecule has 2 heterocycles. The third-order valence-corrected chi connectivity index (χ3v) is 6.61. The van der Waals surface area contributed by atoms with Crippen molar-refractivity contribution in [1.29, 1.82) is 0 Å². The average Bonchev–Trinajstić information content (AvgIpc) is 3.02. The summed E-state index contributed by atoms with van der Waals surface area (Å²) in [5.41, 5.74) is -9.51. The van der Waals surface area contributed by atoms with Crippen molar-refractivity contribution in [3.05, 3.63) is 24.1 Å². The predicted octanol–water partition coefficient (Wildman–Crippen LogP) is 0.548. The Morgan fingerprint density at radius 3 is 2.34 bits per heavy atom. The van der Waals surface area contributed by atoms with E-state index in [-0.39, 0.29) is 5.75 Å². The largest absolute Gasteiger partial charge is 0.474 e. The fraction of sp³-hybridized carbons (Fsp3) is 0.474. The number of carbonyl (C=O) groups excluding carboxylic acids is 3. The second-order valence-electron chi connectivity index (χ2n) is 7.10. The molecule has 156 valence electrons. The van der Waals surface area contributed by atoms with E-state index in [2.05, 4.69) is 4.98 Å². The van der Waals surface area contributed by atoms with Gasteiger partial charge in [0.05, 0.1) is 0 Å². The first-order chi connectivity index (χ1) is 13.4. The summed E-state index contributed by atoms with van der Waals surface area (Å²) in [4.78, 5) is 41.2. The smallest absolute Gasteiger partial charge is 0.208 e. The molecular weight excluding hydrogens is 402 g/mol. The minimum absolute atomic E-state index is 0.135. The van der Waals surface area contributed by atoms with E-state index in [1.807, 2.05) is 0 Å². The molecule has 0 spiro atoms. The maximum Gasteiger partial charge on any atom is 0.208 e. The van der Waals surface area contributed by atoms with Gasteiger partial charge in [0, 0.05) is 12.7 Å². The number of fused-ring (bicyclic) bond motifs is 1. The zero-order valence-electron chi connectivity index (χ0n) is 16.3. The Hall–Kier alpha value is -2.27. The summed E-state index contributed by atoms with van der Waals surface area (Å²) in [6, 6.07) is 4.77. The van der Waals surface area contributed by atoms with Crippen molar-refractivity contribution < 1.29 is 38.9 Å². The minimum atomic E-state index is -3.11. The standard InChI is InChI=1S/C19H21NO8S/c1-9(21)17(24)8-29-16(18(25,10(2)22)19(17,26)11(3)23)28-14-7-5-6-13-15(14)20-12(4)27-13/h5-7,16,24-26H,8H2,1-4H3/t16-,17-,18-,19-/m0/s1. The van der Waals surface area contributed by atoms with Crippen molar-refractivity contribution in [3.8, 4) is 5.75 Å². The van der Waals surface area contributed by atoms with Gasteiger partial charge in [0.1, 0.15) is 0 Å². The zero-order valence-corrected chi connectivity index (χ0v) is 17.1. The number of aliphatic hydroxyl groups is 3. The lowest BCUT2D eigenvalue weighted by atomic mass is 9.65. The van der Waals surface area contributed by atoms with Crippen molar-refractivity contribution in [2.45, 2.75) is 49.9 Å². The molecule has 1 saturated heterocycles. The number of oxazole rings is 1. The Morgan fingerprint density at radius 2 is 1.79 bits per heavy atom. The predicted molar refractivity (Wildman–Crippen MR) is 103 cm³/mol. The van der Waals surface area contributed by atoms with Crippen LogP contribution in [-0.2, 0) is 14.4 Å². The van der Waals surface area contributed by atoms with Crippen molar-refractivity contribution in [2.24, 2.45) is 0 Å². The Bertz CT molecular complexity index is 1020. The maximum atomic E-state index is 12.5. The van der Waals surface area contributed by atoms with E-state index in [1.54, 1.807) is 19.1 Å². The molecule has 1 aromatic carbocycles. The summed E-state index contributed by atoms with van der Waals surface area (Å²) < 4.78 is 11.2. The highest BCUT2D eigenvalue weighted by Gasteiger charge is 2.75. The van der Waals surface area contributed by atoms with Crippen LogP contribution in [0, 0.1) is 6.92 Å². The SMILES string of the molecule is CC(=O)[C@]1(O)[C@@](O)(C(C)=O)CS[C@H](Oc2cccc3oc(C)nc23)[C@@]1(O)C(C)=O. The highest BCUT2D eigenvalue weighted by molar-refractivity contribution is 8.00. The van der Waals surface area contributed by atoms with Gasteiger partial charge in [-0.3, -0.25) is 14.4 Å². The Balaban J connectivity index is 2.16. The van der Waals surface area contributed by atoms with E-state index in [1.165, 1.54) is 6.07 Å².